The lowest BCUT2D eigenvalue weighted by molar-refractivity contribution is 0.285. The molecule has 0 N–H and O–H groups in total. The molecule has 0 aliphatic carbocycles. The summed E-state index contributed by atoms with van der Waals surface area (Å²) in [5, 5.41) is 0. The summed E-state index contributed by atoms with van der Waals surface area (Å²) in [7, 11) is -1.58. The molecule has 0 aromatic rings. The van der Waals surface area contributed by atoms with Crippen molar-refractivity contribution >= 4 is 10.2 Å². The van der Waals surface area contributed by atoms with E-state index in [0.29, 0.717) is 25.6 Å². The number of hydrogen-bond acceptors (Lipinski definition) is 2. The fourth-order valence-corrected chi connectivity index (χ4v) is 2.89. The van der Waals surface area contributed by atoms with Gasteiger partial charge in [0.1, 0.15) is 0 Å². The molecule has 1 radical (unpaired) electrons. The van der Waals surface area contributed by atoms with Crippen molar-refractivity contribution in [3.63, 3.8) is 0 Å². The van der Waals surface area contributed by atoms with E-state index in [4.69, 9.17) is 0 Å². The fourth-order valence-electron chi connectivity index (χ4n) is 1.50. The standard InChI is InChI=1S/C9H19N2O2S/c1-4-10(3)14(12,13)11-7-5-9(2)6-8-11/h9H,2,4-8H2,1,3H3. The molecular formula is C9H19N2O2S. The fraction of sp³-hybridized carbons (Fsp3) is 0.889. The van der Waals surface area contributed by atoms with E-state index in [0.717, 1.165) is 12.8 Å². The molecule has 0 bridgehead atoms. The van der Waals surface area contributed by atoms with E-state index in [2.05, 4.69) is 6.92 Å². The van der Waals surface area contributed by atoms with E-state index < -0.39 is 10.2 Å². The van der Waals surface area contributed by atoms with E-state index in [9.17, 15) is 8.42 Å². The van der Waals surface area contributed by atoms with Crippen molar-refractivity contribution in [2.24, 2.45) is 5.92 Å². The number of hydrogen-bond donors (Lipinski definition) is 0. The molecule has 14 heavy (non-hydrogen) atoms. The number of rotatable bonds is 3. The minimum atomic E-state index is -3.20. The highest BCUT2D eigenvalue weighted by Crippen LogP contribution is 2.19. The molecule has 0 spiro atoms. The number of piperidine rings is 1. The Labute approximate surface area is 87.1 Å². The van der Waals surface area contributed by atoms with Gasteiger partial charge in [-0.1, -0.05) is 13.8 Å². The van der Waals surface area contributed by atoms with Gasteiger partial charge < -0.3 is 0 Å². The maximum atomic E-state index is 11.9. The lowest BCUT2D eigenvalue weighted by Gasteiger charge is -2.32. The summed E-state index contributed by atoms with van der Waals surface area (Å²) >= 11 is 0. The minimum absolute atomic E-state index is 0.411. The van der Waals surface area contributed by atoms with Crippen molar-refractivity contribution in [2.45, 2.75) is 19.8 Å². The topological polar surface area (TPSA) is 40.6 Å². The second-order valence-corrected chi connectivity index (χ2v) is 5.80. The summed E-state index contributed by atoms with van der Waals surface area (Å²) in [6.45, 7) is 7.53. The van der Waals surface area contributed by atoms with E-state index in [-0.39, 0.29) is 0 Å². The van der Waals surface area contributed by atoms with Crippen molar-refractivity contribution in [3.05, 3.63) is 6.92 Å². The van der Waals surface area contributed by atoms with Crippen LogP contribution in [0.5, 0.6) is 0 Å². The Morgan fingerprint density at radius 2 is 1.93 bits per heavy atom. The van der Waals surface area contributed by atoms with Gasteiger partial charge in [0.25, 0.3) is 10.2 Å². The second-order valence-electron chi connectivity index (χ2n) is 3.76. The highest BCUT2D eigenvalue weighted by Gasteiger charge is 2.28. The van der Waals surface area contributed by atoms with Gasteiger partial charge in [0.2, 0.25) is 0 Å². The van der Waals surface area contributed by atoms with Crippen molar-refractivity contribution in [1.82, 2.24) is 8.61 Å². The molecule has 83 valence electrons. The SMILES string of the molecule is [CH2]C1CCN(S(=O)(=O)N(C)CC)CC1. The van der Waals surface area contributed by atoms with Gasteiger partial charge in [-0.25, -0.2) is 0 Å². The van der Waals surface area contributed by atoms with Crippen LogP contribution < -0.4 is 0 Å². The number of nitrogens with zero attached hydrogens (tertiary/aromatic N) is 2. The van der Waals surface area contributed by atoms with Crippen molar-refractivity contribution in [2.75, 3.05) is 26.7 Å². The molecule has 1 fully saturated rings. The lowest BCUT2D eigenvalue weighted by atomic mass is 10.0. The van der Waals surface area contributed by atoms with Gasteiger partial charge in [-0.05, 0) is 18.8 Å². The van der Waals surface area contributed by atoms with Gasteiger partial charge in [0, 0.05) is 26.7 Å². The third-order valence-electron chi connectivity index (χ3n) is 2.74. The smallest absolute Gasteiger partial charge is 0.195 e. The van der Waals surface area contributed by atoms with Crippen LogP contribution in [-0.4, -0.2) is 43.7 Å². The van der Waals surface area contributed by atoms with Crippen LogP contribution >= 0.6 is 0 Å². The molecule has 0 unspecified atom stereocenters. The molecule has 0 aromatic heterocycles. The van der Waals surface area contributed by atoms with Crippen molar-refractivity contribution in [1.29, 1.82) is 0 Å². The van der Waals surface area contributed by atoms with Crippen LogP contribution in [0.15, 0.2) is 0 Å². The molecule has 1 heterocycles. The Morgan fingerprint density at radius 1 is 1.43 bits per heavy atom. The highest BCUT2D eigenvalue weighted by atomic mass is 32.2. The quantitative estimate of drug-likeness (QED) is 0.702. The summed E-state index contributed by atoms with van der Waals surface area (Å²) in [6.07, 6.45) is 1.74. The molecular weight excluding hydrogens is 200 g/mol. The molecule has 0 atom stereocenters. The first-order valence-corrected chi connectivity index (χ1v) is 6.42. The van der Waals surface area contributed by atoms with Crippen LogP contribution in [0, 0.1) is 12.8 Å². The molecule has 4 nitrogen and oxygen atoms in total. The van der Waals surface area contributed by atoms with Crippen LogP contribution in [0.3, 0.4) is 0 Å². The first-order chi connectivity index (χ1) is 6.48. The molecule has 0 aromatic carbocycles. The Hall–Kier alpha value is -0.130. The van der Waals surface area contributed by atoms with E-state index in [1.54, 1.807) is 11.4 Å². The van der Waals surface area contributed by atoms with Gasteiger partial charge in [0.15, 0.2) is 0 Å². The minimum Gasteiger partial charge on any atom is -0.195 e. The van der Waals surface area contributed by atoms with Gasteiger partial charge in [-0.3, -0.25) is 0 Å². The van der Waals surface area contributed by atoms with E-state index >= 15 is 0 Å². The average molecular weight is 219 g/mol. The molecule has 5 heteroatoms. The lowest BCUT2D eigenvalue weighted by Crippen LogP contribution is -2.45. The molecule has 1 aliphatic rings. The van der Waals surface area contributed by atoms with Crippen LogP contribution in [0.1, 0.15) is 19.8 Å². The zero-order chi connectivity index (χ0) is 10.8. The molecule has 1 rings (SSSR count). The monoisotopic (exact) mass is 219 g/mol. The Bertz CT molecular complexity index is 269. The van der Waals surface area contributed by atoms with Gasteiger partial charge in [-0.2, -0.15) is 17.0 Å². The summed E-state index contributed by atoms with van der Waals surface area (Å²) in [4.78, 5) is 0. The Morgan fingerprint density at radius 3 is 2.36 bits per heavy atom. The van der Waals surface area contributed by atoms with Crippen LogP contribution in [-0.2, 0) is 10.2 Å². The van der Waals surface area contributed by atoms with Crippen LogP contribution in [0.2, 0.25) is 0 Å². The largest absolute Gasteiger partial charge is 0.281 e. The molecule has 1 saturated heterocycles. The Balaban J connectivity index is 2.65. The van der Waals surface area contributed by atoms with Crippen LogP contribution in [0.25, 0.3) is 0 Å². The summed E-state index contributed by atoms with van der Waals surface area (Å²) in [5.41, 5.74) is 0. The molecule has 0 amide bonds. The first kappa shape index (κ1) is 11.9. The maximum absolute atomic E-state index is 11.9. The summed E-state index contributed by atoms with van der Waals surface area (Å²) < 4.78 is 26.6. The predicted molar refractivity (Wildman–Crippen MR) is 56.9 cm³/mol. The summed E-state index contributed by atoms with van der Waals surface area (Å²) in [6, 6.07) is 0. The summed E-state index contributed by atoms with van der Waals surface area (Å²) in [5.74, 6) is 0.411. The predicted octanol–water partition coefficient (Wildman–Crippen LogP) is 0.729. The van der Waals surface area contributed by atoms with Crippen molar-refractivity contribution < 1.29 is 8.42 Å². The normalized spacial score (nSPS) is 21.7. The second kappa shape index (κ2) is 4.59. The van der Waals surface area contributed by atoms with Gasteiger partial charge >= 0.3 is 0 Å². The van der Waals surface area contributed by atoms with Crippen molar-refractivity contribution in [3.8, 4) is 0 Å². The van der Waals surface area contributed by atoms with Gasteiger partial charge in [0.05, 0.1) is 0 Å². The third-order valence-corrected chi connectivity index (χ3v) is 4.80. The van der Waals surface area contributed by atoms with E-state index in [1.165, 1.54) is 4.31 Å². The molecule has 1 aliphatic heterocycles. The zero-order valence-corrected chi connectivity index (χ0v) is 9.76. The highest BCUT2D eigenvalue weighted by molar-refractivity contribution is 7.86. The van der Waals surface area contributed by atoms with Crippen LogP contribution in [0.4, 0.5) is 0 Å². The maximum Gasteiger partial charge on any atom is 0.281 e. The third kappa shape index (κ3) is 2.46. The average Bonchev–Trinajstić information content (AvgIpc) is 2.17. The Kier molecular flexibility index (Phi) is 3.92. The van der Waals surface area contributed by atoms with Gasteiger partial charge in [-0.15, -0.1) is 0 Å². The zero-order valence-electron chi connectivity index (χ0n) is 8.94. The van der Waals surface area contributed by atoms with E-state index in [1.807, 2.05) is 6.92 Å². The molecule has 0 saturated carbocycles. The first-order valence-electron chi connectivity index (χ1n) is 5.03.